The second-order valence-corrected chi connectivity index (χ2v) is 8.90. The molecule has 1 atom stereocenters. The van der Waals surface area contributed by atoms with Gasteiger partial charge in [0, 0.05) is 53.8 Å². The molecule has 0 amide bonds. The van der Waals surface area contributed by atoms with Gasteiger partial charge in [-0.15, -0.1) is 5.10 Å². The number of methoxy groups -OCH3 is 1. The second kappa shape index (κ2) is 9.32. The molecule has 4 heterocycles. The lowest BCUT2D eigenvalue weighted by molar-refractivity contribution is 0.121. The van der Waals surface area contributed by atoms with Crippen LogP contribution in [0.1, 0.15) is 49.8 Å². The Morgan fingerprint density at radius 3 is 2.85 bits per heavy atom. The molecule has 10 heteroatoms. The average Bonchev–Trinajstić information content (AvgIpc) is 3.55. The van der Waals surface area contributed by atoms with Crippen molar-refractivity contribution in [3.63, 3.8) is 0 Å². The van der Waals surface area contributed by atoms with E-state index >= 15 is 0 Å². The number of aliphatic hydroxyl groups excluding tert-OH is 1. The quantitative estimate of drug-likeness (QED) is 0.378. The monoisotopic (exact) mass is 450 g/mol. The molecule has 1 aliphatic rings. The number of rotatable bonds is 8. The molecule has 0 aliphatic heterocycles. The van der Waals surface area contributed by atoms with E-state index in [4.69, 9.17) is 9.84 Å². The van der Waals surface area contributed by atoms with E-state index in [1.807, 2.05) is 40.9 Å². The summed E-state index contributed by atoms with van der Waals surface area (Å²) in [6.45, 7) is 3.26. The standard InChI is InChI=1S/C23H30N8O2/c1-15(14-33-2)28-23-24-11-22-20(18-10-27-30(13-18)12-16-8-25-26-9-16)7-21(31(22)29-23)17-3-5-19(32)6-4-17/h7-11,13,15,17,19,32H,3-6,12,14H2,1-2H3,(H,25,26)(H,28,29)/t15-,17?,19?/m0/s1. The minimum Gasteiger partial charge on any atom is -0.393 e. The highest BCUT2D eigenvalue weighted by Crippen LogP contribution is 2.37. The number of aliphatic hydroxyl groups is 1. The van der Waals surface area contributed by atoms with E-state index in [2.05, 4.69) is 31.7 Å². The zero-order valence-corrected chi connectivity index (χ0v) is 19.0. The van der Waals surface area contributed by atoms with Gasteiger partial charge in [0.2, 0.25) is 5.95 Å². The Balaban J connectivity index is 1.51. The Morgan fingerprint density at radius 2 is 2.09 bits per heavy atom. The summed E-state index contributed by atoms with van der Waals surface area (Å²) in [5.74, 6) is 0.914. The number of aromatic amines is 1. The molecule has 1 aliphatic carbocycles. The van der Waals surface area contributed by atoms with Crippen LogP contribution < -0.4 is 5.32 Å². The van der Waals surface area contributed by atoms with Crippen molar-refractivity contribution in [1.29, 1.82) is 0 Å². The van der Waals surface area contributed by atoms with Crippen molar-refractivity contribution < 1.29 is 9.84 Å². The van der Waals surface area contributed by atoms with Crippen molar-refractivity contribution in [2.75, 3.05) is 19.0 Å². The fourth-order valence-electron chi connectivity index (χ4n) is 4.63. The maximum atomic E-state index is 10.0. The minimum atomic E-state index is -0.199. The molecule has 0 radical (unpaired) electrons. The third-order valence-corrected chi connectivity index (χ3v) is 6.30. The fraction of sp³-hybridized carbons (Fsp3) is 0.478. The van der Waals surface area contributed by atoms with Crippen LogP contribution in [0.3, 0.4) is 0 Å². The Kier molecular flexibility index (Phi) is 6.10. The molecule has 174 valence electrons. The van der Waals surface area contributed by atoms with E-state index in [9.17, 15) is 5.11 Å². The van der Waals surface area contributed by atoms with Crippen LogP contribution in [-0.2, 0) is 11.3 Å². The van der Waals surface area contributed by atoms with Crippen LogP contribution in [0, 0.1) is 0 Å². The lowest BCUT2D eigenvalue weighted by Crippen LogP contribution is -2.23. The molecular weight excluding hydrogens is 420 g/mol. The summed E-state index contributed by atoms with van der Waals surface area (Å²) in [5.41, 5.74) is 5.25. The van der Waals surface area contributed by atoms with Crippen LogP contribution in [0.4, 0.5) is 5.95 Å². The van der Waals surface area contributed by atoms with Gasteiger partial charge >= 0.3 is 0 Å². The van der Waals surface area contributed by atoms with E-state index in [-0.39, 0.29) is 12.1 Å². The van der Waals surface area contributed by atoms with Gasteiger partial charge in [-0.25, -0.2) is 9.50 Å². The maximum absolute atomic E-state index is 10.0. The Bertz CT molecular complexity index is 1190. The average molecular weight is 451 g/mol. The van der Waals surface area contributed by atoms with Crippen LogP contribution in [0.2, 0.25) is 0 Å². The van der Waals surface area contributed by atoms with Crippen molar-refractivity contribution in [1.82, 2.24) is 34.6 Å². The third-order valence-electron chi connectivity index (χ3n) is 6.30. The molecule has 0 bridgehead atoms. The lowest BCUT2D eigenvalue weighted by atomic mass is 9.85. The predicted octanol–water partition coefficient (Wildman–Crippen LogP) is 2.83. The number of nitrogens with zero attached hydrogens (tertiary/aromatic N) is 6. The predicted molar refractivity (Wildman–Crippen MR) is 124 cm³/mol. The van der Waals surface area contributed by atoms with E-state index in [1.165, 1.54) is 0 Å². The highest BCUT2D eigenvalue weighted by atomic mass is 16.5. The molecule has 0 aromatic carbocycles. The summed E-state index contributed by atoms with van der Waals surface area (Å²) < 4.78 is 9.15. The number of aromatic nitrogens is 7. The van der Waals surface area contributed by atoms with Crippen LogP contribution in [-0.4, -0.2) is 65.5 Å². The first-order valence-electron chi connectivity index (χ1n) is 11.4. The molecule has 10 nitrogen and oxygen atoms in total. The smallest absolute Gasteiger partial charge is 0.241 e. The molecule has 33 heavy (non-hydrogen) atoms. The van der Waals surface area contributed by atoms with Gasteiger partial charge in [-0.2, -0.15) is 10.2 Å². The van der Waals surface area contributed by atoms with Crippen LogP contribution in [0.5, 0.6) is 0 Å². The van der Waals surface area contributed by atoms with Gasteiger partial charge in [0.15, 0.2) is 0 Å². The summed E-state index contributed by atoms with van der Waals surface area (Å²) in [4.78, 5) is 4.58. The normalized spacial score (nSPS) is 19.7. The van der Waals surface area contributed by atoms with Gasteiger partial charge in [-0.1, -0.05) is 0 Å². The van der Waals surface area contributed by atoms with Crippen molar-refractivity contribution in [2.24, 2.45) is 0 Å². The van der Waals surface area contributed by atoms with Gasteiger partial charge in [0.25, 0.3) is 0 Å². The van der Waals surface area contributed by atoms with Gasteiger partial charge in [0.1, 0.15) is 0 Å². The van der Waals surface area contributed by atoms with Crippen LogP contribution in [0.15, 0.2) is 37.1 Å². The first kappa shape index (κ1) is 21.6. The first-order chi connectivity index (χ1) is 16.1. The molecule has 0 saturated heterocycles. The molecule has 4 aromatic rings. The summed E-state index contributed by atoms with van der Waals surface area (Å²) >= 11 is 0. The number of hydrogen-bond acceptors (Lipinski definition) is 7. The van der Waals surface area contributed by atoms with E-state index in [0.717, 1.165) is 53.6 Å². The fourth-order valence-corrected chi connectivity index (χ4v) is 4.63. The number of H-pyrrole nitrogens is 1. The van der Waals surface area contributed by atoms with Crippen molar-refractivity contribution in [3.8, 4) is 11.1 Å². The van der Waals surface area contributed by atoms with Crippen molar-refractivity contribution in [2.45, 2.75) is 57.2 Å². The van der Waals surface area contributed by atoms with Crippen LogP contribution in [0.25, 0.3) is 16.6 Å². The summed E-state index contributed by atoms with van der Waals surface area (Å²) in [6.07, 6.45) is 12.8. The highest BCUT2D eigenvalue weighted by Gasteiger charge is 2.26. The third kappa shape index (κ3) is 4.62. The van der Waals surface area contributed by atoms with E-state index in [1.54, 1.807) is 13.3 Å². The molecule has 1 saturated carbocycles. The number of fused-ring (bicyclic) bond motifs is 1. The maximum Gasteiger partial charge on any atom is 0.241 e. The second-order valence-electron chi connectivity index (χ2n) is 8.90. The van der Waals surface area contributed by atoms with E-state index < -0.39 is 0 Å². The SMILES string of the molecule is COC[C@H](C)Nc1ncc2c(-c3cnn(Cc4cn[nH]c4)c3)cc(C3CCC(O)CC3)n2n1. The Labute approximate surface area is 192 Å². The largest absolute Gasteiger partial charge is 0.393 e. The molecule has 1 fully saturated rings. The Hall–Kier alpha value is -3.24. The number of ether oxygens (including phenoxy) is 1. The van der Waals surface area contributed by atoms with Crippen molar-refractivity contribution in [3.05, 3.63) is 48.3 Å². The topological polar surface area (TPSA) is 118 Å². The molecular formula is C23H30N8O2. The molecule has 3 N–H and O–H groups in total. The number of nitrogens with one attached hydrogen (secondary N) is 2. The molecule has 4 aromatic heterocycles. The molecule has 0 unspecified atom stereocenters. The number of anilines is 1. The summed E-state index contributed by atoms with van der Waals surface area (Å²) in [7, 11) is 1.68. The first-order valence-corrected chi connectivity index (χ1v) is 11.4. The molecule has 0 spiro atoms. The highest BCUT2D eigenvalue weighted by molar-refractivity contribution is 5.81. The van der Waals surface area contributed by atoms with E-state index in [0.29, 0.717) is 25.0 Å². The van der Waals surface area contributed by atoms with Gasteiger partial charge in [-0.3, -0.25) is 9.78 Å². The molecule has 5 rings (SSSR count). The summed E-state index contributed by atoms with van der Waals surface area (Å²) in [5, 5.41) is 29.6. The van der Waals surface area contributed by atoms with Gasteiger partial charge in [0.05, 0.1) is 43.4 Å². The zero-order valence-electron chi connectivity index (χ0n) is 19.0. The minimum absolute atomic E-state index is 0.0944. The van der Waals surface area contributed by atoms with Gasteiger partial charge < -0.3 is 15.2 Å². The Morgan fingerprint density at radius 1 is 1.24 bits per heavy atom. The van der Waals surface area contributed by atoms with Gasteiger partial charge in [-0.05, 0) is 38.7 Å². The zero-order chi connectivity index (χ0) is 22.8. The van der Waals surface area contributed by atoms with Crippen molar-refractivity contribution >= 4 is 11.5 Å². The summed E-state index contributed by atoms with van der Waals surface area (Å²) in [6, 6.07) is 2.31. The number of hydrogen-bond donors (Lipinski definition) is 3. The lowest BCUT2D eigenvalue weighted by Gasteiger charge is -2.25. The van der Waals surface area contributed by atoms with Crippen LogP contribution >= 0.6 is 0 Å².